The van der Waals surface area contributed by atoms with E-state index in [9.17, 15) is 15.3 Å². The molecule has 0 amide bonds. The second kappa shape index (κ2) is 18.4. The van der Waals surface area contributed by atoms with Crippen LogP contribution in [0.15, 0.2) is 121 Å². The number of benzene rings is 4. The molecular formula is C50H69N3O3Si. The summed E-state index contributed by atoms with van der Waals surface area (Å²) in [6.45, 7) is 7.26. The van der Waals surface area contributed by atoms with E-state index in [1.54, 1.807) is 0 Å². The molecule has 4 aromatic carbocycles. The summed E-state index contributed by atoms with van der Waals surface area (Å²) in [6.07, 6.45) is 8.97. The minimum Gasteiger partial charge on any atom is -0.393 e. The van der Waals surface area contributed by atoms with Crippen LogP contribution in [-0.2, 0) is 11.2 Å². The van der Waals surface area contributed by atoms with Gasteiger partial charge in [0.05, 0.1) is 17.3 Å². The Morgan fingerprint density at radius 3 is 1.75 bits per heavy atom. The average molecular weight is 788 g/mol. The van der Waals surface area contributed by atoms with E-state index in [-0.39, 0.29) is 41.9 Å². The fraction of sp³-hybridized carbons (Fsp3) is 0.520. The molecule has 0 heterocycles. The Balaban J connectivity index is 1.08. The van der Waals surface area contributed by atoms with E-state index in [1.165, 1.54) is 16.8 Å². The molecule has 0 aromatic heterocycles. The molecule has 4 aromatic rings. The number of aliphatic hydroxyl groups excluding tert-OH is 1. The third-order valence-electron chi connectivity index (χ3n) is 14.9. The lowest BCUT2D eigenvalue weighted by atomic mass is 9.69. The molecule has 0 spiro atoms. The third kappa shape index (κ3) is 9.21. The van der Waals surface area contributed by atoms with Gasteiger partial charge in [0.2, 0.25) is 0 Å². The Bertz CT molecular complexity index is 1770. The Labute approximate surface area is 343 Å². The molecule has 6 N–H and O–H groups in total. The van der Waals surface area contributed by atoms with Crippen molar-refractivity contribution in [1.29, 1.82) is 0 Å². The van der Waals surface area contributed by atoms with Gasteiger partial charge < -0.3 is 31.3 Å². The van der Waals surface area contributed by atoms with Gasteiger partial charge in [0, 0.05) is 36.0 Å². The Morgan fingerprint density at radius 1 is 0.649 bits per heavy atom. The van der Waals surface area contributed by atoms with Crippen LogP contribution < -0.4 is 26.3 Å². The zero-order chi connectivity index (χ0) is 40.0. The van der Waals surface area contributed by atoms with Crippen molar-refractivity contribution in [2.75, 3.05) is 13.6 Å². The SMILES string of the molecule is CN[C@H]1CCC(CN[C@H]2CCC(N[C@H]3CCCC[C@H]3[C@H](O)C[Si](C)(c3ccccc3)c3ccccc3)C[C@H]2C(C)(O)c2ccccc2)[C@H]1[C@](C)(O)c1ccccc1. The fourth-order valence-electron chi connectivity index (χ4n) is 11.6. The standard InChI is InChI=1S/C50H69N3O3Si/c1-49(55,37-19-9-5-10-20-37)43-33-39(30-32-45(43)52-34-36-29-31-46(51-3)48(36)50(2,56)38-21-11-6-12-22-38)53-44-28-18-17-27-42(44)47(54)35-57(4,40-23-13-7-14-24-40)41-25-15-8-16-26-41/h5-16,19-26,36,39,42-48,51-56H,17-18,27-35H2,1-4H3/t36?,39?,42-,43-,44+,45+,46+,47-,48-,49?,50-/m1/s1. The summed E-state index contributed by atoms with van der Waals surface area (Å²) in [5, 5.41) is 51.4. The first-order valence-corrected chi connectivity index (χ1v) is 24.7. The summed E-state index contributed by atoms with van der Waals surface area (Å²) in [4.78, 5) is 0. The molecule has 3 saturated carbocycles. The number of hydrogen-bond acceptors (Lipinski definition) is 6. The zero-order valence-electron chi connectivity index (χ0n) is 34.9. The molecule has 3 aliphatic carbocycles. The highest BCUT2D eigenvalue weighted by Gasteiger charge is 2.49. The molecule has 0 radical (unpaired) electrons. The lowest BCUT2D eigenvalue weighted by molar-refractivity contribution is -0.0502. The van der Waals surface area contributed by atoms with E-state index >= 15 is 0 Å². The van der Waals surface area contributed by atoms with E-state index in [4.69, 9.17) is 0 Å². The topological polar surface area (TPSA) is 96.8 Å². The van der Waals surface area contributed by atoms with Crippen molar-refractivity contribution >= 4 is 18.4 Å². The second-order valence-corrected chi connectivity index (χ2v) is 22.7. The van der Waals surface area contributed by atoms with Crippen LogP contribution >= 0.6 is 0 Å². The van der Waals surface area contributed by atoms with Crippen molar-refractivity contribution in [3.8, 4) is 0 Å². The van der Waals surface area contributed by atoms with Crippen LogP contribution in [0, 0.1) is 23.7 Å². The van der Waals surface area contributed by atoms with Gasteiger partial charge in [-0.2, -0.15) is 0 Å². The average Bonchev–Trinajstić information content (AvgIpc) is 3.68. The predicted molar refractivity (Wildman–Crippen MR) is 237 cm³/mol. The summed E-state index contributed by atoms with van der Waals surface area (Å²) in [5.74, 6) is 0.534. The molecule has 57 heavy (non-hydrogen) atoms. The van der Waals surface area contributed by atoms with Crippen LogP contribution in [0.3, 0.4) is 0 Å². The van der Waals surface area contributed by atoms with Gasteiger partial charge in [-0.1, -0.05) is 151 Å². The minimum absolute atomic E-state index is 0.0143. The fourth-order valence-corrected chi connectivity index (χ4v) is 15.4. The van der Waals surface area contributed by atoms with Gasteiger partial charge in [0.25, 0.3) is 0 Å². The summed E-state index contributed by atoms with van der Waals surface area (Å²) in [6, 6.07) is 43.9. The van der Waals surface area contributed by atoms with E-state index in [0.717, 1.165) is 75.1 Å². The summed E-state index contributed by atoms with van der Waals surface area (Å²) in [5.41, 5.74) is -0.0588. The Kier molecular flexibility index (Phi) is 13.6. The number of nitrogens with one attached hydrogen (secondary N) is 3. The molecule has 0 bridgehead atoms. The quantitative estimate of drug-likeness (QED) is 0.0732. The van der Waals surface area contributed by atoms with Crippen molar-refractivity contribution in [1.82, 2.24) is 16.0 Å². The molecule has 3 aliphatic rings. The summed E-state index contributed by atoms with van der Waals surface area (Å²) in [7, 11) is -0.189. The molecule has 306 valence electrons. The van der Waals surface area contributed by atoms with Gasteiger partial charge in [-0.15, -0.1) is 0 Å². The van der Waals surface area contributed by atoms with Gasteiger partial charge in [-0.05, 0) is 101 Å². The maximum atomic E-state index is 12.5. The first-order valence-electron chi connectivity index (χ1n) is 22.0. The lowest BCUT2D eigenvalue weighted by Crippen LogP contribution is -2.60. The first kappa shape index (κ1) is 42.0. The highest BCUT2D eigenvalue weighted by atomic mass is 28.3. The summed E-state index contributed by atoms with van der Waals surface area (Å²) >= 11 is 0. The predicted octanol–water partition coefficient (Wildman–Crippen LogP) is 6.95. The van der Waals surface area contributed by atoms with Crippen LogP contribution in [0.25, 0.3) is 0 Å². The normalized spacial score (nSPS) is 29.6. The molecule has 7 heteroatoms. The first-order chi connectivity index (χ1) is 27.5. The monoisotopic (exact) mass is 788 g/mol. The molecule has 3 unspecified atom stereocenters. The minimum atomic E-state index is -2.22. The van der Waals surface area contributed by atoms with Gasteiger partial charge in [-0.3, -0.25) is 0 Å². The van der Waals surface area contributed by atoms with E-state index in [2.05, 4.69) is 107 Å². The number of rotatable bonds is 15. The highest BCUT2D eigenvalue weighted by molar-refractivity contribution is 7.01. The van der Waals surface area contributed by atoms with Crippen molar-refractivity contribution in [2.45, 2.75) is 126 Å². The molecule has 7 rings (SSSR count). The van der Waals surface area contributed by atoms with Crippen molar-refractivity contribution in [2.24, 2.45) is 23.7 Å². The van der Waals surface area contributed by atoms with E-state index < -0.39 is 25.4 Å². The van der Waals surface area contributed by atoms with Crippen molar-refractivity contribution in [3.63, 3.8) is 0 Å². The molecule has 11 atom stereocenters. The molecule has 0 aliphatic heterocycles. The number of hydrogen-bond donors (Lipinski definition) is 6. The smallest absolute Gasteiger partial charge is 0.117 e. The Morgan fingerprint density at radius 2 is 1.18 bits per heavy atom. The largest absolute Gasteiger partial charge is 0.393 e. The molecular weight excluding hydrogens is 719 g/mol. The molecule has 6 nitrogen and oxygen atoms in total. The maximum Gasteiger partial charge on any atom is 0.117 e. The van der Waals surface area contributed by atoms with E-state index in [0.29, 0.717) is 5.92 Å². The lowest BCUT2D eigenvalue weighted by Gasteiger charge is -2.47. The van der Waals surface area contributed by atoms with Crippen molar-refractivity contribution in [3.05, 3.63) is 132 Å². The maximum absolute atomic E-state index is 12.5. The van der Waals surface area contributed by atoms with Crippen LogP contribution in [-0.4, -0.2) is 67.3 Å². The van der Waals surface area contributed by atoms with Gasteiger partial charge in [0.1, 0.15) is 8.07 Å². The molecule has 3 fully saturated rings. The van der Waals surface area contributed by atoms with Crippen molar-refractivity contribution < 1.29 is 15.3 Å². The van der Waals surface area contributed by atoms with Crippen LogP contribution in [0.4, 0.5) is 0 Å². The van der Waals surface area contributed by atoms with Crippen LogP contribution in [0.1, 0.15) is 82.8 Å². The highest BCUT2D eigenvalue weighted by Crippen LogP contribution is 2.45. The van der Waals surface area contributed by atoms with Gasteiger partial charge >= 0.3 is 0 Å². The second-order valence-electron chi connectivity index (χ2n) is 18.5. The zero-order valence-corrected chi connectivity index (χ0v) is 35.9. The van der Waals surface area contributed by atoms with Gasteiger partial charge in [0.15, 0.2) is 0 Å². The van der Waals surface area contributed by atoms with E-state index in [1.807, 2.05) is 57.3 Å². The van der Waals surface area contributed by atoms with Gasteiger partial charge in [-0.25, -0.2) is 0 Å². The third-order valence-corrected chi connectivity index (χ3v) is 19.4. The molecule has 0 saturated heterocycles. The number of aliphatic hydroxyl groups is 3. The van der Waals surface area contributed by atoms with Crippen LogP contribution in [0.2, 0.25) is 12.6 Å². The van der Waals surface area contributed by atoms with Crippen LogP contribution in [0.5, 0.6) is 0 Å². The Hall–Kier alpha value is -3.14. The summed E-state index contributed by atoms with van der Waals surface area (Å²) < 4.78 is 0.